The number of Topliss-reactive ketones (excluding diaryl/α,β-unsaturated/α-hetero) is 1. The summed E-state index contributed by atoms with van der Waals surface area (Å²) >= 11 is 0. The zero-order valence-electron chi connectivity index (χ0n) is 24.9. The third kappa shape index (κ3) is 7.78. The van der Waals surface area contributed by atoms with Gasteiger partial charge in [-0.1, -0.05) is 66.7 Å². The average molecular weight is 614 g/mol. The van der Waals surface area contributed by atoms with Crippen molar-refractivity contribution in [2.45, 2.75) is 43.3 Å². The van der Waals surface area contributed by atoms with Gasteiger partial charge in [-0.2, -0.15) is 0 Å². The quantitative estimate of drug-likeness (QED) is 0.126. The van der Waals surface area contributed by atoms with Crippen molar-refractivity contribution in [1.82, 2.24) is 10.2 Å². The van der Waals surface area contributed by atoms with Gasteiger partial charge in [0.15, 0.2) is 17.6 Å². The number of phenols is 1. The Morgan fingerprint density at radius 1 is 0.956 bits per heavy atom. The molecule has 0 spiro atoms. The number of nitrogens with one attached hydrogen (secondary N) is 1. The molecule has 0 aliphatic heterocycles. The summed E-state index contributed by atoms with van der Waals surface area (Å²) < 4.78 is 13.3. The molecule has 2 amide bonds. The fourth-order valence-electron chi connectivity index (χ4n) is 5.34. The minimum absolute atomic E-state index is 0.0359. The second-order valence-corrected chi connectivity index (χ2v) is 11.0. The Bertz CT molecular complexity index is 1660. The topological polar surface area (TPSA) is 150 Å². The highest BCUT2D eigenvalue weighted by Crippen LogP contribution is 2.25. The standard InChI is InChI=1S/C35H36FN3O6/c1-39(32(43)18-13-23-9-14-27(36)15-10-23)35(22-41,20-24-11-16-28(42)17-12-24)33(44)31(21-40)38-34(45)30(37)19-26-7-4-6-25-5-2-3-8-29(25)26/h2-12,14-17,22,30-31,40,42H,13,18-21,37H2,1H3,(H,38,45)/t30-,31-,35-/m0/s1. The third-order valence-electron chi connectivity index (χ3n) is 8.02. The van der Waals surface area contributed by atoms with Gasteiger partial charge in [0.2, 0.25) is 11.8 Å². The molecule has 0 aromatic heterocycles. The number of rotatable bonds is 14. The maximum absolute atomic E-state index is 14.1. The van der Waals surface area contributed by atoms with Gasteiger partial charge in [-0.15, -0.1) is 0 Å². The number of aldehydes is 1. The molecule has 0 saturated carbocycles. The first kappa shape index (κ1) is 33.0. The lowest BCUT2D eigenvalue weighted by atomic mass is 9.82. The molecule has 4 aromatic carbocycles. The largest absolute Gasteiger partial charge is 0.508 e. The van der Waals surface area contributed by atoms with E-state index < -0.39 is 47.6 Å². The van der Waals surface area contributed by atoms with Gasteiger partial charge in [-0.05, 0) is 64.6 Å². The number of carbonyl (C=O) groups excluding carboxylic acids is 4. The van der Waals surface area contributed by atoms with E-state index in [-0.39, 0.29) is 31.4 Å². The zero-order valence-corrected chi connectivity index (χ0v) is 24.9. The lowest BCUT2D eigenvalue weighted by molar-refractivity contribution is -0.150. The Morgan fingerprint density at radius 3 is 2.27 bits per heavy atom. The Hall–Kier alpha value is -4.93. The maximum Gasteiger partial charge on any atom is 0.237 e. The minimum atomic E-state index is -2.13. The highest BCUT2D eigenvalue weighted by molar-refractivity contribution is 6.09. The lowest BCUT2D eigenvalue weighted by Crippen LogP contribution is -2.65. The van der Waals surface area contributed by atoms with Crippen LogP contribution in [0.5, 0.6) is 5.75 Å². The summed E-state index contributed by atoms with van der Waals surface area (Å²) in [5, 5.41) is 24.4. The molecule has 4 aromatic rings. The number of halogens is 1. The second-order valence-electron chi connectivity index (χ2n) is 11.0. The molecule has 0 aliphatic rings. The van der Waals surface area contributed by atoms with E-state index in [1.165, 1.54) is 55.6 Å². The fourth-order valence-corrected chi connectivity index (χ4v) is 5.34. The van der Waals surface area contributed by atoms with Crippen LogP contribution in [-0.4, -0.2) is 70.3 Å². The van der Waals surface area contributed by atoms with Gasteiger partial charge >= 0.3 is 0 Å². The molecule has 234 valence electrons. The molecular weight excluding hydrogens is 577 g/mol. The first-order valence-electron chi connectivity index (χ1n) is 14.5. The van der Waals surface area contributed by atoms with Crippen LogP contribution in [0.2, 0.25) is 0 Å². The number of likely N-dealkylation sites (N-methyl/N-ethyl adjacent to an activating group) is 1. The lowest BCUT2D eigenvalue weighted by Gasteiger charge is -2.38. The molecule has 5 N–H and O–H groups in total. The molecule has 0 fully saturated rings. The minimum Gasteiger partial charge on any atom is -0.508 e. The number of nitrogens with two attached hydrogens (primary N) is 1. The summed E-state index contributed by atoms with van der Waals surface area (Å²) in [6.45, 7) is -0.853. The predicted molar refractivity (Wildman–Crippen MR) is 168 cm³/mol. The summed E-state index contributed by atoms with van der Waals surface area (Å²) in [6.07, 6.45) is 0.306. The molecule has 0 unspecified atom stereocenters. The van der Waals surface area contributed by atoms with Gasteiger partial charge in [-0.25, -0.2) is 4.39 Å². The number of aliphatic hydroxyl groups excluding tert-OH is 1. The van der Waals surface area contributed by atoms with Gasteiger partial charge < -0.3 is 31.0 Å². The van der Waals surface area contributed by atoms with Crippen LogP contribution in [0.25, 0.3) is 10.8 Å². The number of aryl methyl sites for hydroxylation is 1. The van der Waals surface area contributed by atoms with Crippen molar-refractivity contribution in [3.05, 3.63) is 114 Å². The van der Waals surface area contributed by atoms with Crippen molar-refractivity contribution in [1.29, 1.82) is 0 Å². The van der Waals surface area contributed by atoms with Crippen LogP contribution in [-0.2, 0) is 38.4 Å². The van der Waals surface area contributed by atoms with E-state index in [2.05, 4.69) is 5.32 Å². The zero-order chi connectivity index (χ0) is 32.6. The van der Waals surface area contributed by atoms with Crippen molar-refractivity contribution >= 4 is 34.7 Å². The molecule has 0 saturated heterocycles. The van der Waals surface area contributed by atoms with Gasteiger partial charge in [0.1, 0.15) is 17.6 Å². The van der Waals surface area contributed by atoms with Crippen LogP contribution < -0.4 is 11.1 Å². The van der Waals surface area contributed by atoms with Crippen LogP contribution in [0, 0.1) is 5.82 Å². The van der Waals surface area contributed by atoms with Crippen LogP contribution in [0.1, 0.15) is 23.1 Å². The molecular formula is C35H36FN3O6. The van der Waals surface area contributed by atoms with E-state index >= 15 is 0 Å². The van der Waals surface area contributed by atoms with Crippen molar-refractivity contribution < 1.29 is 33.8 Å². The van der Waals surface area contributed by atoms with Crippen LogP contribution in [0.4, 0.5) is 4.39 Å². The first-order valence-corrected chi connectivity index (χ1v) is 14.5. The Balaban J connectivity index is 1.57. The van der Waals surface area contributed by atoms with Gasteiger partial charge in [-0.3, -0.25) is 14.4 Å². The maximum atomic E-state index is 14.1. The molecule has 0 heterocycles. The molecule has 0 bridgehead atoms. The average Bonchev–Trinajstić information content (AvgIpc) is 3.06. The molecule has 3 atom stereocenters. The number of carbonyl (C=O) groups is 4. The van der Waals surface area contributed by atoms with Gasteiger partial charge in [0.05, 0.1) is 12.6 Å². The number of fused-ring (bicyclic) bond motifs is 1. The van der Waals surface area contributed by atoms with Crippen LogP contribution in [0.3, 0.4) is 0 Å². The third-order valence-corrected chi connectivity index (χ3v) is 8.02. The Labute approximate surface area is 260 Å². The van der Waals surface area contributed by atoms with E-state index in [1.807, 2.05) is 42.5 Å². The first-order chi connectivity index (χ1) is 21.6. The van der Waals surface area contributed by atoms with Crippen LogP contribution in [0.15, 0.2) is 91.0 Å². The number of hydrogen-bond acceptors (Lipinski definition) is 7. The summed E-state index contributed by atoms with van der Waals surface area (Å²) in [7, 11) is 1.31. The molecule has 9 nitrogen and oxygen atoms in total. The Kier molecular flexibility index (Phi) is 10.8. The number of amides is 2. The summed E-state index contributed by atoms with van der Waals surface area (Å²) in [6, 6.07) is 22.0. The number of ketones is 1. The van der Waals surface area contributed by atoms with Crippen molar-refractivity contribution in [2.75, 3.05) is 13.7 Å². The Morgan fingerprint density at radius 2 is 1.60 bits per heavy atom. The number of nitrogens with zero attached hydrogens (tertiary/aromatic N) is 1. The van der Waals surface area contributed by atoms with Crippen LogP contribution >= 0.6 is 0 Å². The predicted octanol–water partition coefficient (Wildman–Crippen LogP) is 2.87. The van der Waals surface area contributed by atoms with E-state index in [9.17, 15) is 33.8 Å². The van der Waals surface area contributed by atoms with Gasteiger partial charge in [0.25, 0.3) is 0 Å². The number of phenolic OH excluding ortho intramolecular Hbond substituents is 1. The molecule has 0 aliphatic carbocycles. The highest BCUT2D eigenvalue weighted by atomic mass is 19.1. The molecule has 45 heavy (non-hydrogen) atoms. The number of aromatic hydroxyl groups is 1. The summed E-state index contributed by atoms with van der Waals surface area (Å²) in [5.41, 5.74) is 6.07. The monoisotopic (exact) mass is 613 g/mol. The normalized spacial score (nSPS) is 13.8. The van der Waals surface area contributed by atoms with E-state index in [0.717, 1.165) is 21.2 Å². The van der Waals surface area contributed by atoms with Crippen molar-refractivity contribution in [2.24, 2.45) is 5.73 Å². The van der Waals surface area contributed by atoms with Crippen molar-refractivity contribution in [3.8, 4) is 5.75 Å². The summed E-state index contributed by atoms with van der Waals surface area (Å²) in [4.78, 5) is 54.7. The number of benzene rings is 4. The van der Waals surface area contributed by atoms with Crippen molar-refractivity contribution in [3.63, 3.8) is 0 Å². The van der Waals surface area contributed by atoms with Gasteiger partial charge in [0, 0.05) is 19.9 Å². The SMILES string of the molecule is CN(C(=O)CCc1ccc(F)cc1)[C@](C=O)(Cc1ccc(O)cc1)C(=O)[C@H](CO)NC(=O)[C@@H](N)Cc1cccc2ccccc12. The van der Waals surface area contributed by atoms with E-state index in [4.69, 9.17) is 5.73 Å². The van der Waals surface area contributed by atoms with E-state index in [0.29, 0.717) is 17.4 Å². The smallest absolute Gasteiger partial charge is 0.237 e. The van der Waals surface area contributed by atoms with E-state index in [1.54, 1.807) is 0 Å². The fraction of sp³-hybridized carbons (Fsp3) is 0.257. The number of hydrogen-bond donors (Lipinski definition) is 4. The second kappa shape index (κ2) is 14.7. The molecule has 0 radical (unpaired) electrons. The molecule has 10 heteroatoms. The highest BCUT2D eigenvalue weighted by Gasteiger charge is 2.48. The number of aliphatic hydroxyl groups is 1. The summed E-state index contributed by atoms with van der Waals surface area (Å²) in [5.74, 6) is -2.64. The molecule has 4 rings (SSSR count).